The molecule has 1 aliphatic rings. The summed E-state index contributed by atoms with van der Waals surface area (Å²) >= 11 is 1.19. The third kappa shape index (κ3) is 8.87. The van der Waals surface area contributed by atoms with Crippen LogP contribution in [0.2, 0.25) is 0 Å². The number of amides is 3. The van der Waals surface area contributed by atoms with Gasteiger partial charge in [-0.1, -0.05) is 58.4 Å². The van der Waals surface area contributed by atoms with Gasteiger partial charge in [-0.2, -0.15) is 6.41 Å². The third-order valence-electron chi connectivity index (χ3n) is 8.34. The summed E-state index contributed by atoms with van der Waals surface area (Å²) in [7, 11) is 3.02. The molecule has 1 aromatic carbocycles. The van der Waals surface area contributed by atoms with Crippen LogP contribution in [0.5, 0.6) is 0 Å². The zero-order valence-corrected chi connectivity index (χ0v) is 29.9. The topological polar surface area (TPSA) is 144 Å². The van der Waals surface area contributed by atoms with Gasteiger partial charge in [0.15, 0.2) is 6.10 Å². The number of hydrogen-bond donors (Lipinski definition) is 2. The zero-order valence-electron chi connectivity index (χ0n) is 26.7. The normalized spacial score (nSPS) is 18.2. The Morgan fingerprint density at radius 2 is 1.87 bits per heavy atom. The van der Waals surface area contributed by atoms with Crippen molar-refractivity contribution in [2.75, 3.05) is 14.2 Å². The van der Waals surface area contributed by atoms with Gasteiger partial charge in [0.1, 0.15) is 10.7 Å². The SMILES string of the molecule is CCC(C)[C@H](N[C-]=O)C(=O)N(C)C(CC(OC(C)=O)c1nc(C(=O)NC2Cc3ccccc3[C@H](C(=O)OC)C2)cs1)C(C)C.[Fm]. The summed E-state index contributed by atoms with van der Waals surface area (Å²) in [6.45, 7) is 9.04. The van der Waals surface area contributed by atoms with E-state index in [1.165, 1.54) is 25.4 Å². The van der Waals surface area contributed by atoms with Crippen molar-refractivity contribution in [2.45, 2.75) is 90.4 Å². The fraction of sp³-hybridized carbons (Fsp3) is 0.562. The number of carbonyl (C=O) groups excluding carboxylic acids is 5. The molecule has 1 aromatic heterocycles. The van der Waals surface area contributed by atoms with Gasteiger partial charge >= 0.3 is 11.9 Å². The molecule has 1 aliphatic carbocycles. The Kier molecular flexibility index (Phi) is 13.2. The molecule has 11 nitrogen and oxygen atoms in total. The van der Waals surface area contributed by atoms with E-state index < -0.39 is 29.9 Å². The number of ether oxygens (including phenoxy) is 2. The minimum Gasteiger partial charge on any atom is -0.520 e. The van der Waals surface area contributed by atoms with Gasteiger partial charge in [-0.05, 0) is 35.8 Å². The minimum atomic E-state index is -0.806. The van der Waals surface area contributed by atoms with Crippen LogP contribution in [-0.4, -0.2) is 72.3 Å². The van der Waals surface area contributed by atoms with E-state index in [0.29, 0.717) is 24.3 Å². The van der Waals surface area contributed by atoms with Gasteiger partial charge in [0.25, 0.3) is 5.91 Å². The Hall–Kier alpha value is -4.80. The maximum Gasteiger partial charge on any atom is 0.313 e. The average Bonchev–Trinajstić information content (AvgIpc) is 3.50. The van der Waals surface area contributed by atoms with Crippen molar-refractivity contribution in [2.24, 2.45) is 11.8 Å². The number of rotatable bonds is 14. The molecular formula is C32H43FmN4O7S-. The van der Waals surface area contributed by atoms with Crippen molar-refractivity contribution >= 4 is 41.5 Å². The molecule has 252 valence electrons. The van der Waals surface area contributed by atoms with Crippen molar-refractivity contribution in [3.05, 3.63) is 51.5 Å². The van der Waals surface area contributed by atoms with Crippen molar-refractivity contribution < 1.29 is 33.4 Å². The van der Waals surface area contributed by atoms with Crippen LogP contribution in [0.4, 0.5) is 0 Å². The van der Waals surface area contributed by atoms with E-state index in [1.807, 2.05) is 52.0 Å². The average molecular weight is 885 g/mol. The van der Waals surface area contributed by atoms with Gasteiger partial charge in [-0.25, -0.2) is 4.98 Å². The molecule has 1 heterocycles. The van der Waals surface area contributed by atoms with Gasteiger partial charge < -0.3 is 29.8 Å². The van der Waals surface area contributed by atoms with Gasteiger partial charge in [-0.15, -0.1) is 11.3 Å². The fourth-order valence-corrected chi connectivity index (χ4v) is 6.56. The summed E-state index contributed by atoms with van der Waals surface area (Å²) in [5.74, 6) is -2.15. The Labute approximate surface area is 263 Å². The molecule has 4 unspecified atom stereocenters. The molecule has 13 heteroatoms. The summed E-state index contributed by atoms with van der Waals surface area (Å²) in [4.78, 5) is 68.6. The Bertz CT molecular complexity index is 1340. The predicted molar refractivity (Wildman–Crippen MR) is 165 cm³/mol. The number of hydrogen-bond acceptors (Lipinski definition) is 9. The first-order valence-electron chi connectivity index (χ1n) is 14.9. The minimum absolute atomic E-state index is 0. The maximum atomic E-state index is 13.4. The Balaban J connectivity index is 0.00000705. The second kappa shape index (κ2) is 16.3. The van der Waals surface area contributed by atoms with E-state index >= 15 is 0 Å². The zero-order chi connectivity index (χ0) is 32.6. The molecule has 0 fully saturated rings. The second-order valence-electron chi connectivity index (χ2n) is 11.7. The van der Waals surface area contributed by atoms with E-state index in [4.69, 9.17) is 9.47 Å². The van der Waals surface area contributed by atoms with Crippen molar-refractivity contribution in [1.82, 2.24) is 20.5 Å². The van der Waals surface area contributed by atoms with Crippen LogP contribution < -0.4 is 10.6 Å². The first kappa shape index (κ1) is 36.4. The number of likely N-dealkylation sites (N-methyl/N-ethyl adjacent to an activating group) is 1. The molecule has 2 N–H and O–H groups in total. The van der Waals surface area contributed by atoms with E-state index in [1.54, 1.807) is 23.7 Å². The number of methoxy groups -OCH3 is 1. The van der Waals surface area contributed by atoms with E-state index in [0.717, 1.165) is 11.1 Å². The van der Waals surface area contributed by atoms with Crippen LogP contribution in [-0.2, 0) is 35.1 Å². The number of benzene rings is 1. The molecule has 0 spiro atoms. The van der Waals surface area contributed by atoms with Crippen LogP contribution in [0.1, 0.15) is 92.5 Å². The Morgan fingerprint density at radius 3 is 2.47 bits per heavy atom. The standard InChI is InChI=1S/C32H43N4O7S.Fm/c1-8-19(4)28(33-17-37)31(40)36(6)26(18(2)3)15-27(43-20(5)38)30-35-25(16-44-30)29(39)34-22-13-21-11-9-10-12-23(21)24(14-22)32(41)42-7;/h9-12,16,18-19,22,24,26-28H,8,13-15H2,1-7H3,(H,33,37)(H,34,39);/q-1;/t19?,22?,24-,26?,27?,28+;/m1./s1. The molecule has 0 aliphatic heterocycles. The first-order valence-corrected chi connectivity index (χ1v) is 15.8. The fourth-order valence-electron chi connectivity index (χ4n) is 5.72. The van der Waals surface area contributed by atoms with Crippen LogP contribution in [0.3, 0.4) is 0 Å². The number of aromatic nitrogens is 1. The summed E-state index contributed by atoms with van der Waals surface area (Å²) in [5, 5.41) is 7.57. The van der Waals surface area contributed by atoms with Crippen molar-refractivity contribution in [1.29, 1.82) is 0 Å². The number of fused-ring (bicyclic) bond motifs is 1. The number of thiazole rings is 1. The van der Waals surface area contributed by atoms with Crippen molar-refractivity contribution in [3.63, 3.8) is 0 Å². The van der Waals surface area contributed by atoms with Crippen molar-refractivity contribution in [3.8, 4) is 0 Å². The van der Waals surface area contributed by atoms with E-state index in [-0.39, 0.29) is 47.9 Å². The van der Waals surface area contributed by atoms with E-state index in [2.05, 4.69) is 15.6 Å². The quantitative estimate of drug-likeness (QED) is 0.166. The number of nitrogens with one attached hydrogen (secondary N) is 2. The van der Waals surface area contributed by atoms with Gasteiger partial charge in [0, 0.05) is 37.9 Å². The van der Waals surface area contributed by atoms with Crippen LogP contribution in [0, 0.1) is 11.8 Å². The summed E-state index contributed by atoms with van der Waals surface area (Å²) in [6.07, 6.45) is 2.73. The van der Waals surface area contributed by atoms with Gasteiger partial charge in [-0.3, -0.25) is 19.2 Å². The second-order valence-corrected chi connectivity index (χ2v) is 12.5. The summed E-state index contributed by atoms with van der Waals surface area (Å²) in [5.41, 5.74) is 2.05. The Morgan fingerprint density at radius 1 is 1.18 bits per heavy atom. The van der Waals surface area contributed by atoms with Gasteiger partial charge in [0.2, 0.25) is 5.91 Å². The van der Waals surface area contributed by atoms with Crippen LogP contribution in [0.15, 0.2) is 29.6 Å². The molecular weight excluding hydrogens is 841 g/mol. The largest absolute Gasteiger partial charge is 0.520 e. The molecule has 0 saturated heterocycles. The molecule has 45 heavy (non-hydrogen) atoms. The van der Waals surface area contributed by atoms with Crippen LogP contribution in [0.25, 0.3) is 0 Å². The molecule has 0 saturated carbocycles. The first-order chi connectivity index (χ1) is 20.9. The monoisotopic (exact) mass is 884 g/mol. The third-order valence-corrected chi connectivity index (χ3v) is 9.28. The molecule has 3 amide bonds. The van der Waals surface area contributed by atoms with Crippen LogP contribution >= 0.6 is 11.3 Å². The number of nitrogens with zero attached hydrogens (tertiary/aromatic N) is 2. The van der Waals surface area contributed by atoms with E-state index in [9.17, 15) is 24.0 Å². The molecule has 3 rings (SSSR count). The summed E-state index contributed by atoms with van der Waals surface area (Å²) in [6, 6.07) is 6.22. The molecule has 0 bridgehead atoms. The molecule has 6 atom stereocenters. The predicted octanol–water partition coefficient (Wildman–Crippen LogP) is 3.69. The molecule has 2 aromatic rings. The number of esters is 2. The molecule has 0 radical (unpaired) electrons. The van der Waals surface area contributed by atoms with Gasteiger partial charge in [0.05, 0.1) is 19.1 Å². The maximum absolute atomic E-state index is 13.4. The number of carbonyl (C=O) groups is 4. The summed E-state index contributed by atoms with van der Waals surface area (Å²) < 4.78 is 10.7. The smallest absolute Gasteiger partial charge is 0.313 e.